The second-order valence-electron chi connectivity index (χ2n) is 13.2. The van der Waals surface area contributed by atoms with Crippen LogP contribution < -0.4 is 5.73 Å². The Morgan fingerprint density at radius 1 is 0.451 bits per heavy atom. The van der Waals surface area contributed by atoms with Crippen molar-refractivity contribution >= 4 is 38.0 Å². The fraction of sp³-hybridized carbons (Fsp3) is 0.0400. The first kappa shape index (κ1) is 31.8. The molecule has 0 aromatic heterocycles. The summed E-state index contributed by atoms with van der Waals surface area (Å²) in [5.74, 6) is 0. The molecule has 51 heavy (non-hydrogen) atoms. The molecule has 9 aromatic carbocycles. The molecule has 1 nitrogen and oxygen atoms in total. The Labute approximate surface area is 300 Å². The highest BCUT2D eigenvalue weighted by Crippen LogP contribution is 2.44. The van der Waals surface area contributed by atoms with Crippen LogP contribution in [0.3, 0.4) is 0 Å². The molecule has 0 saturated carbocycles. The molecule has 0 amide bonds. The van der Waals surface area contributed by atoms with Crippen molar-refractivity contribution < 1.29 is 0 Å². The highest BCUT2D eigenvalue weighted by molar-refractivity contribution is 6.28. The van der Waals surface area contributed by atoms with Crippen molar-refractivity contribution in [2.75, 3.05) is 0 Å². The van der Waals surface area contributed by atoms with Gasteiger partial charge in [0.05, 0.1) is 0 Å². The molecular formula is C50H39N. The van der Waals surface area contributed by atoms with Crippen LogP contribution in [0.4, 0.5) is 0 Å². The second-order valence-corrected chi connectivity index (χ2v) is 13.2. The molecule has 0 saturated heterocycles. The molecule has 0 heterocycles. The zero-order chi connectivity index (χ0) is 34.6. The zero-order valence-corrected chi connectivity index (χ0v) is 28.8. The molecule has 0 spiro atoms. The Balaban J connectivity index is 0.000000196. The summed E-state index contributed by atoms with van der Waals surface area (Å²) in [4.78, 5) is 0. The predicted molar refractivity (Wildman–Crippen MR) is 220 cm³/mol. The molecule has 0 atom stereocenters. The molecule has 0 radical (unpaired) electrons. The van der Waals surface area contributed by atoms with Gasteiger partial charge in [-0.1, -0.05) is 194 Å². The Hall–Kier alpha value is -6.44. The molecular weight excluding hydrogens is 615 g/mol. The van der Waals surface area contributed by atoms with Gasteiger partial charge >= 0.3 is 0 Å². The van der Waals surface area contributed by atoms with Crippen LogP contribution in [0.2, 0.25) is 0 Å². The monoisotopic (exact) mass is 653 g/mol. The highest BCUT2D eigenvalue weighted by Gasteiger charge is 2.16. The predicted octanol–water partition coefficient (Wildman–Crippen LogP) is 13.1. The van der Waals surface area contributed by atoms with E-state index in [9.17, 15) is 0 Å². The van der Waals surface area contributed by atoms with E-state index in [4.69, 9.17) is 5.73 Å². The molecule has 244 valence electrons. The fourth-order valence-corrected chi connectivity index (χ4v) is 7.11. The minimum atomic E-state index is 0.837. The standard InChI is InChI=1S/C35H24.C15H15N/c1-23-10-12-26(13-11-23)32-22-33(27-16-14-25(15-17-27)24-6-3-2-4-7-24)31-21-19-29-9-5-8-28-18-20-30(32)35(31)34(28)29;16-15(14-9-5-2-6-10-14)12-11-13-7-3-1-4-8-13/h2-22H,1H3;1-10,12H,11,16H2/b;15-12-. The highest BCUT2D eigenvalue weighted by atomic mass is 14.6. The van der Waals surface area contributed by atoms with Gasteiger partial charge in [-0.25, -0.2) is 0 Å². The first-order chi connectivity index (χ1) is 25.1. The molecule has 0 aliphatic carbocycles. The van der Waals surface area contributed by atoms with Crippen molar-refractivity contribution in [1.29, 1.82) is 0 Å². The van der Waals surface area contributed by atoms with Gasteiger partial charge in [0.15, 0.2) is 0 Å². The van der Waals surface area contributed by atoms with Gasteiger partial charge in [-0.15, -0.1) is 0 Å². The second kappa shape index (κ2) is 14.2. The summed E-state index contributed by atoms with van der Waals surface area (Å²) in [7, 11) is 0. The van der Waals surface area contributed by atoms with Crippen LogP contribution in [-0.4, -0.2) is 0 Å². The van der Waals surface area contributed by atoms with Crippen LogP contribution in [-0.2, 0) is 6.42 Å². The minimum Gasteiger partial charge on any atom is -0.398 e. The first-order valence-electron chi connectivity index (χ1n) is 17.6. The first-order valence-corrected chi connectivity index (χ1v) is 17.6. The van der Waals surface area contributed by atoms with Gasteiger partial charge < -0.3 is 5.73 Å². The van der Waals surface area contributed by atoms with Gasteiger partial charge in [0.1, 0.15) is 0 Å². The summed E-state index contributed by atoms with van der Waals surface area (Å²) in [6.07, 6.45) is 2.94. The molecule has 0 unspecified atom stereocenters. The maximum Gasteiger partial charge on any atom is 0.0350 e. The van der Waals surface area contributed by atoms with Crippen molar-refractivity contribution in [2.24, 2.45) is 5.73 Å². The number of nitrogens with two attached hydrogens (primary N) is 1. The Kier molecular flexibility index (Phi) is 8.85. The van der Waals surface area contributed by atoms with E-state index in [1.54, 1.807) is 0 Å². The molecule has 9 aromatic rings. The Bertz CT molecular complexity index is 2550. The summed E-state index contributed by atoms with van der Waals surface area (Å²) in [5.41, 5.74) is 18.0. The molecule has 9 rings (SSSR count). The lowest BCUT2D eigenvalue weighted by atomic mass is 9.85. The number of hydrogen-bond donors (Lipinski definition) is 1. The Morgan fingerprint density at radius 2 is 0.941 bits per heavy atom. The normalized spacial score (nSPS) is 11.5. The SMILES string of the molecule is Cc1ccc(-c2cc(-c3ccc(-c4ccccc4)cc3)c3ccc4cccc5ccc2c3c54)cc1.N/C(=C\Cc1ccccc1)c1ccccc1. The average molecular weight is 654 g/mol. The van der Waals surface area contributed by atoms with Crippen LogP contribution in [0.5, 0.6) is 0 Å². The largest absolute Gasteiger partial charge is 0.398 e. The Morgan fingerprint density at radius 3 is 1.53 bits per heavy atom. The van der Waals surface area contributed by atoms with E-state index >= 15 is 0 Å². The van der Waals surface area contributed by atoms with Crippen LogP contribution in [0.25, 0.3) is 71.4 Å². The molecule has 0 fully saturated rings. The van der Waals surface area contributed by atoms with Crippen LogP contribution in [0.15, 0.2) is 194 Å². The van der Waals surface area contributed by atoms with Crippen molar-refractivity contribution in [3.63, 3.8) is 0 Å². The van der Waals surface area contributed by atoms with Crippen molar-refractivity contribution in [1.82, 2.24) is 0 Å². The van der Waals surface area contributed by atoms with E-state index in [0.717, 1.165) is 17.7 Å². The van der Waals surface area contributed by atoms with Crippen molar-refractivity contribution in [3.05, 3.63) is 211 Å². The van der Waals surface area contributed by atoms with E-state index in [1.165, 1.54) is 76.8 Å². The lowest BCUT2D eigenvalue weighted by molar-refractivity contribution is 1.26. The minimum absolute atomic E-state index is 0.837. The quantitative estimate of drug-likeness (QED) is 0.178. The molecule has 0 bridgehead atoms. The summed E-state index contributed by atoms with van der Waals surface area (Å²) < 4.78 is 0. The summed E-state index contributed by atoms with van der Waals surface area (Å²) in [5, 5.41) is 7.95. The van der Waals surface area contributed by atoms with Gasteiger partial charge in [0.25, 0.3) is 0 Å². The van der Waals surface area contributed by atoms with Gasteiger partial charge in [-0.3, -0.25) is 0 Å². The summed E-state index contributed by atoms with van der Waals surface area (Å²) >= 11 is 0. The van der Waals surface area contributed by atoms with E-state index in [0.29, 0.717) is 0 Å². The van der Waals surface area contributed by atoms with Crippen LogP contribution in [0.1, 0.15) is 16.7 Å². The molecule has 0 aliphatic heterocycles. The molecule has 1 heteroatoms. The maximum absolute atomic E-state index is 6.00. The summed E-state index contributed by atoms with van der Waals surface area (Å²) in [6.45, 7) is 2.15. The van der Waals surface area contributed by atoms with Gasteiger partial charge in [-0.05, 0) is 96.2 Å². The number of hydrogen-bond acceptors (Lipinski definition) is 1. The molecule has 0 aliphatic rings. The average Bonchev–Trinajstić information content (AvgIpc) is 3.20. The number of aryl methyl sites for hydroxylation is 1. The van der Waals surface area contributed by atoms with Crippen molar-refractivity contribution in [2.45, 2.75) is 13.3 Å². The number of allylic oxidation sites excluding steroid dienone is 1. The van der Waals surface area contributed by atoms with Gasteiger partial charge in [0.2, 0.25) is 0 Å². The van der Waals surface area contributed by atoms with E-state index in [1.807, 2.05) is 48.5 Å². The van der Waals surface area contributed by atoms with E-state index < -0.39 is 0 Å². The van der Waals surface area contributed by atoms with E-state index in [-0.39, 0.29) is 0 Å². The van der Waals surface area contributed by atoms with Crippen LogP contribution in [0, 0.1) is 6.92 Å². The van der Waals surface area contributed by atoms with Gasteiger partial charge in [-0.2, -0.15) is 0 Å². The number of rotatable bonds is 6. The fourth-order valence-electron chi connectivity index (χ4n) is 7.11. The van der Waals surface area contributed by atoms with Crippen LogP contribution >= 0.6 is 0 Å². The zero-order valence-electron chi connectivity index (χ0n) is 28.8. The maximum atomic E-state index is 6.00. The third kappa shape index (κ3) is 6.63. The number of benzene rings is 9. The lowest BCUT2D eigenvalue weighted by Crippen LogP contribution is -1.96. The van der Waals surface area contributed by atoms with Gasteiger partial charge in [0, 0.05) is 5.70 Å². The molecule has 2 N–H and O–H groups in total. The van der Waals surface area contributed by atoms with Crippen molar-refractivity contribution in [3.8, 4) is 33.4 Å². The third-order valence-electron chi connectivity index (χ3n) is 9.82. The van der Waals surface area contributed by atoms with E-state index in [2.05, 4.69) is 153 Å². The third-order valence-corrected chi connectivity index (χ3v) is 9.82. The summed E-state index contributed by atoms with van der Waals surface area (Å²) in [6, 6.07) is 67.1. The topological polar surface area (TPSA) is 26.0 Å². The smallest absolute Gasteiger partial charge is 0.0350 e. The lowest BCUT2D eigenvalue weighted by Gasteiger charge is -2.18.